The number of hydrogen-bond donors (Lipinski definition) is 1. The van der Waals surface area contributed by atoms with Crippen molar-refractivity contribution in [3.05, 3.63) is 44.9 Å². The molecule has 0 aliphatic carbocycles. The number of nitrogens with zero attached hydrogens (tertiary/aromatic N) is 2. The maximum atomic E-state index is 12.3. The highest BCUT2D eigenvalue weighted by Crippen LogP contribution is 2.21. The number of carbonyl (C=O) groups excluding carboxylic acids is 1. The van der Waals surface area contributed by atoms with Gasteiger partial charge in [-0.25, -0.2) is 0 Å². The Morgan fingerprint density at radius 1 is 1.25 bits per heavy atom. The molecule has 4 nitrogen and oxygen atoms in total. The number of amides is 1. The largest absolute Gasteiger partial charge is 0.345 e. The minimum Gasteiger partial charge on any atom is -0.345 e. The van der Waals surface area contributed by atoms with Crippen LogP contribution in [0.25, 0.3) is 0 Å². The van der Waals surface area contributed by atoms with Crippen molar-refractivity contribution in [1.29, 1.82) is 0 Å². The number of aromatic nitrogens is 2. The van der Waals surface area contributed by atoms with E-state index < -0.39 is 0 Å². The van der Waals surface area contributed by atoms with Crippen LogP contribution in [0.3, 0.4) is 0 Å². The van der Waals surface area contributed by atoms with Gasteiger partial charge in [-0.3, -0.25) is 4.79 Å². The second-order valence-electron chi connectivity index (χ2n) is 4.89. The first-order valence-corrected chi connectivity index (χ1v) is 7.94. The summed E-state index contributed by atoms with van der Waals surface area (Å²) in [6, 6.07) is 7.85. The molecule has 0 radical (unpaired) electrons. The van der Waals surface area contributed by atoms with E-state index >= 15 is 0 Å². The fourth-order valence-corrected chi connectivity index (χ4v) is 2.82. The molecule has 1 atom stereocenters. The highest BCUT2D eigenvalue weighted by molar-refractivity contribution is 9.10. The van der Waals surface area contributed by atoms with E-state index in [1.165, 1.54) is 0 Å². The quantitative estimate of drug-likeness (QED) is 0.906. The number of carbonyl (C=O) groups is 1. The van der Waals surface area contributed by atoms with Gasteiger partial charge in [0.1, 0.15) is 4.88 Å². The van der Waals surface area contributed by atoms with Gasteiger partial charge in [0.05, 0.1) is 11.7 Å². The molecule has 1 unspecified atom stereocenters. The molecule has 1 heterocycles. The number of halogens is 1. The first kappa shape index (κ1) is 15.1. The zero-order chi connectivity index (χ0) is 14.7. The summed E-state index contributed by atoms with van der Waals surface area (Å²) in [6.07, 6.45) is 0. The van der Waals surface area contributed by atoms with Gasteiger partial charge in [-0.1, -0.05) is 46.4 Å². The van der Waals surface area contributed by atoms with Crippen LogP contribution in [0.2, 0.25) is 0 Å². The average molecular weight is 354 g/mol. The average Bonchev–Trinajstić information content (AvgIpc) is 2.88. The van der Waals surface area contributed by atoms with Crippen molar-refractivity contribution in [2.24, 2.45) is 0 Å². The van der Waals surface area contributed by atoms with Crippen molar-refractivity contribution < 1.29 is 4.79 Å². The van der Waals surface area contributed by atoms with Gasteiger partial charge in [0.25, 0.3) is 5.91 Å². The topological polar surface area (TPSA) is 54.9 Å². The van der Waals surface area contributed by atoms with Gasteiger partial charge >= 0.3 is 0 Å². The Bertz CT molecular complexity index is 595. The summed E-state index contributed by atoms with van der Waals surface area (Å²) >= 11 is 4.55. The Hall–Kier alpha value is -1.27. The summed E-state index contributed by atoms with van der Waals surface area (Å²) in [4.78, 5) is 12.9. The van der Waals surface area contributed by atoms with E-state index in [2.05, 4.69) is 30.8 Å². The molecule has 0 saturated heterocycles. The Labute approximate surface area is 130 Å². The second kappa shape index (κ2) is 6.45. The van der Waals surface area contributed by atoms with Gasteiger partial charge in [0.15, 0.2) is 0 Å². The van der Waals surface area contributed by atoms with Crippen molar-refractivity contribution in [2.45, 2.75) is 32.7 Å². The minimum atomic E-state index is -0.112. The molecule has 0 bridgehead atoms. The summed E-state index contributed by atoms with van der Waals surface area (Å²) in [5.41, 5.74) is 1.82. The summed E-state index contributed by atoms with van der Waals surface area (Å²) < 4.78 is 4.90. The Kier molecular flexibility index (Phi) is 4.88. The molecular formula is C14H16BrN3OS. The molecule has 1 amide bonds. The number of hydrogen-bond acceptors (Lipinski definition) is 4. The molecule has 2 aromatic rings. The van der Waals surface area contributed by atoms with Crippen LogP contribution in [0.1, 0.15) is 53.7 Å². The third kappa shape index (κ3) is 3.43. The number of nitrogens with one attached hydrogen (secondary N) is 1. The maximum Gasteiger partial charge on any atom is 0.265 e. The van der Waals surface area contributed by atoms with E-state index in [0.717, 1.165) is 27.3 Å². The predicted molar refractivity (Wildman–Crippen MR) is 84.0 cm³/mol. The number of benzene rings is 1. The van der Waals surface area contributed by atoms with Crippen LogP contribution in [-0.4, -0.2) is 15.5 Å². The van der Waals surface area contributed by atoms with Crippen LogP contribution in [0.15, 0.2) is 28.7 Å². The van der Waals surface area contributed by atoms with Gasteiger partial charge < -0.3 is 5.32 Å². The molecule has 0 fully saturated rings. The second-order valence-corrected chi connectivity index (χ2v) is 6.56. The van der Waals surface area contributed by atoms with Crippen LogP contribution >= 0.6 is 27.5 Å². The van der Waals surface area contributed by atoms with E-state index in [0.29, 0.717) is 4.88 Å². The van der Waals surface area contributed by atoms with E-state index in [1.54, 1.807) is 0 Å². The van der Waals surface area contributed by atoms with Gasteiger partial charge in [0.2, 0.25) is 0 Å². The Morgan fingerprint density at radius 3 is 2.50 bits per heavy atom. The predicted octanol–water partition coefficient (Wildman–Crippen LogP) is 3.92. The van der Waals surface area contributed by atoms with Gasteiger partial charge in [-0.05, 0) is 42.1 Å². The normalized spacial score (nSPS) is 12.4. The third-order valence-corrected chi connectivity index (χ3v) is 4.25. The summed E-state index contributed by atoms with van der Waals surface area (Å²) in [5.74, 6) is 0.0802. The Morgan fingerprint density at radius 2 is 1.90 bits per heavy atom. The molecule has 1 aromatic heterocycles. The Balaban J connectivity index is 2.11. The molecule has 1 N–H and O–H groups in total. The van der Waals surface area contributed by atoms with Crippen molar-refractivity contribution in [3.8, 4) is 0 Å². The molecule has 1 aromatic carbocycles. The zero-order valence-electron chi connectivity index (χ0n) is 11.6. The van der Waals surface area contributed by atoms with E-state index in [9.17, 15) is 4.79 Å². The van der Waals surface area contributed by atoms with Gasteiger partial charge in [-0.2, -0.15) is 0 Å². The van der Waals surface area contributed by atoms with Crippen molar-refractivity contribution in [1.82, 2.24) is 14.9 Å². The van der Waals surface area contributed by atoms with Crippen molar-refractivity contribution in [3.63, 3.8) is 0 Å². The first-order chi connectivity index (χ1) is 9.49. The van der Waals surface area contributed by atoms with E-state index in [1.807, 2.05) is 45.0 Å². The minimum absolute atomic E-state index is 0.0577. The lowest BCUT2D eigenvalue weighted by Crippen LogP contribution is -2.26. The van der Waals surface area contributed by atoms with E-state index in [-0.39, 0.29) is 17.9 Å². The molecule has 0 saturated carbocycles. The fourth-order valence-electron chi connectivity index (χ4n) is 1.83. The zero-order valence-corrected chi connectivity index (χ0v) is 14.0. The van der Waals surface area contributed by atoms with Crippen molar-refractivity contribution >= 4 is 33.4 Å². The van der Waals surface area contributed by atoms with Crippen LogP contribution < -0.4 is 5.32 Å². The molecule has 0 aliphatic heterocycles. The third-order valence-electron chi connectivity index (χ3n) is 2.98. The monoisotopic (exact) mass is 353 g/mol. The molecule has 0 spiro atoms. The van der Waals surface area contributed by atoms with Crippen LogP contribution in [-0.2, 0) is 0 Å². The molecule has 106 valence electrons. The molecule has 2 rings (SSSR count). The smallest absolute Gasteiger partial charge is 0.265 e. The van der Waals surface area contributed by atoms with Crippen LogP contribution in [0.4, 0.5) is 0 Å². The lowest BCUT2D eigenvalue weighted by molar-refractivity contribution is 0.0942. The van der Waals surface area contributed by atoms with E-state index in [4.69, 9.17) is 0 Å². The van der Waals surface area contributed by atoms with Gasteiger partial charge in [-0.15, -0.1) is 5.10 Å². The van der Waals surface area contributed by atoms with Crippen LogP contribution in [0, 0.1) is 0 Å². The first-order valence-electron chi connectivity index (χ1n) is 6.37. The van der Waals surface area contributed by atoms with Gasteiger partial charge in [0, 0.05) is 4.47 Å². The standard InChI is InChI=1S/C14H16BrN3OS/c1-8(2)12-13(20-18-17-12)14(19)16-9(3)10-4-6-11(15)7-5-10/h4-9H,1-3H3,(H,16,19). The highest BCUT2D eigenvalue weighted by atomic mass is 79.9. The highest BCUT2D eigenvalue weighted by Gasteiger charge is 2.20. The molecular weight excluding hydrogens is 338 g/mol. The van der Waals surface area contributed by atoms with Crippen LogP contribution in [0.5, 0.6) is 0 Å². The summed E-state index contributed by atoms with van der Waals surface area (Å²) in [6.45, 7) is 5.97. The summed E-state index contributed by atoms with van der Waals surface area (Å²) in [7, 11) is 0. The molecule has 6 heteroatoms. The molecule has 20 heavy (non-hydrogen) atoms. The lowest BCUT2D eigenvalue weighted by Gasteiger charge is -2.14. The maximum absolute atomic E-state index is 12.3. The molecule has 0 aliphatic rings. The fraction of sp³-hybridized carbons (Fsp3) is 0.357. The number of rotatable bonds is 4. The van der Waals surface area contributed by atoms with Crippen molar-refractivity contribution in [2.75, 3.05) is 0 Å². The lowest BCUT2D eigenvalue weighted by atomic mass is 10.1. The summed E-state index contributed by atoms with van der Waals surface area (Å²) in [5, 5.41) is 7.02. The SMILES string of the molecule is CC(C)c1nnsc1C(=O)NC(C)c1ccc(Br)cc1.